The lowest BCUT2D eigenvalue weighted by molar-refractivity contribution is 0.0679. The summed E-state index contributed by atoms with van der Waals surface area (Å²) in [4.78, 5) is 14.8. The molecule has 4 aromatic rings. The number of hydrogen-bond donors (Lipinski definition) is 0. The van der Waals surface area contributed by atoms with Gasteiger partial charge in [-0.25, -0.2) is 8.42 Å². The number of furan rings is 2. The van der Waals surface area contributed by atoms with Crippen LogP contribution in [0.1, 0.15) is 21.9 Å². The molecule has 0 saturated heterocycles. The van der Waals surface area contributed by atoms with Gasteiger partial charge in [-0.15, -0.1) is 0 Å². The molecule has 0 aliphatic rings. The molecule has 0 fully saturated rings. The molecule has 0 N–H and O–H groups in total. The molecule has 164 valence electrons. The van der Waals surface area contributed by atoms with Crippen LogP contribution in [0.25, 0.3) is 0 Å². The van der Waals surface area contributed by atoms with Gasteiger partial charge in [0, 0.05) is 16.0 Å². The van der Waals surface area contributed by atoms with Crippen LogP contribution >= 0.6 is 27.5 Å². The first-order valence-corrected chi connectivity index (χ1v) is 12.1. The molecular formula is C23H17BrClNO5S. The van der Waals surface area contributed by atoms with E-state index in [1.807, 2.05) is 6.07 Å². The van der Waals surface area contributed by atoms with Gasteiger partial charge in [-0.1, -0.05) is 39.7 Å². The molecule has 1 amide bonds. The number of benzene rings is 2. The van der Waals surface area contributed by atoms with E-state index < -0.39 is 15.7 Å². The highest BCUT2D eigenvalue weighted by atomic mass is 79.9. The standard InChI is InChI=1S/C23H17BrClNO5S/c24-17-6-8-20(9-7-17)32(28,29)22-11-10-21(31-22)23(27)26(15-19-5-2-12-30-19)14-16-3-1-4-18(25)13-16/h1-13H,14-15H2. The van der Waals surface area contributed by atoms with E-state index >= 15 is 0 Å². The summed E-state index contributed by atoms with van der Waals surface area (Å²) in [6, 6.07) is 19.5. The third kappa shape index (κ3) is 4.98. The van der Waals surface area contributed by atoms with Crippen molar-refractivity contribution in [2.24, 2.45) is 0 Å². The Morgan fingerprint density at radius 1 is 0.969 bits per heavy atom. The van der Waals surface area contributed by atoms with Gasteiger partial charge in [0.2, 0.25) is 14.9 Å². The second kappa shape index (κ2) is 9.36. The zero-order valence-corrected chi connectivity index (χ0v) is 19.7. The predicted octanol–water partition coefficient (Wildman–Crippen LogP) is 5.96. The van der Waals surface area contributed by atoms with Crippen LogP contribution in [0.5, 0.6) is 0 Å². The monoisotopic (exact) mass is 533 g/mol. The molecule has 9 heteroatoms. The fraction of sp³-hybridized carbons (Fsp3) is 0.0870. The lowest BCUT2D eigenvalue weighted by Crippen LogP contribution is -2.29. The summed E-state index contributed by atoms with van der Waals surface area (Å²) in [7, 11) is -3.90. The fourth-order valence-electron chi connectivity index (χ4n) is 3.11. The Bertz CT molecular complexity index is 1330. The van der Waals surface area contributed by atoms with E-state index in [0.717, 1.165) is 10.0 Å². The molecule has 2 aromatic carbocycles. The molecular weight excluding hydrogens is 518 g/mol. The molecule has 0 radical (unpaired) electrons. The summed E-state index contributed by atoms with van der Waals surface area (Å²) in [6.07, 6.45) is 1.52. The van der Waals surface area contributed by atoms with Gasteiger partial charge in [0.15, 0.2) is 5.76 Å². The van der Waals surface area contributed by atoms with Crippen LogP contribution in [0.4, 0.5) is 0 Å². The molecule has 0 bridgehead atoms. The van der Waals surface area contributed by atoms with Crippen LogP contribution in [-0.4, -0.2) is 19.2 Å². The van der Waals surface area contributed by atoms with Crippen LogP contribution in [0.3, 0.4) is 0 Å². The minimum Gasteiger partial charge on any atom is -0.467 e. The van der Waals surface area contributed by atoms with Crippen LogP contribution in [-0.2, 0) is 22.9 Å². The second-order valence-corrected chi connectivity index (χ2v) is 10.2. The molecule has 0 aliphatic heterocycles. The number of halogens is 2. The van der Waals surface area contributed by atoms with E-state index in [4.69, 9.17) is 20.4 Å². The van der Waals surface area contributed by atoms with Crippen LogP contribution in [0.2, 0.25) is 5.02 Å². The molecule has 2 aromatic heterocycles. The largest absolute Gasteiger partial charge is 0.467 e. The Labute approximate surface area is 198 Å². The van der Waals surface area contributed by atoms with E-state index in [0.29, 0.717) is 10.8 Å². The summed E-state index contributed by atoms with van der Waals surface area (Å²) in [6.45, 7) is 0.406. The van der Waals surface area contributed by atoms with E-state index in [-0.39, 0.29) is 28.8 Å². The minimum absolute atomic E-state index is 0.0698. The normalized spacial score (nSPS) is 11.4. The fourth-order valence-corrected chi connectivity index (χ4v) is 4.76. The number of amides is 1. The van der Waals surface area contributed by atoms with Crippen LogP contribution in [0.15, 0.2) is 102 Å². The Balaban J connectivity index is 1.62. The Morgan fingerprint density at radius 3 is 2.44 bits per heavy atom. The molecule has 4 rings (SSSR count). The van der Waals surface area contributed by atoms with Crippen molar-refractivity contribution in [1.29, 1.82) is 0 Å². The van der Waals surface area contributed by atoms with Gasteiger partial charge in [0.1, 0.15) is 5.76 Å². The highest BCUT2D eigenvalue weighted by Crippen LogP contribution is 2.26. The highest BCUT2D eigenvalue weighted by Gasteiger charge is 2.26. The Morgan fingerprint density at radius 2 is 1.75 bits per heavy atom. The van der Waals surface area contributed by atoms with Crippen molar-refractivity contribution in [3.63, 3.8) is 0 Å². The molecule has 0 unspecified atom stereocenters. The molecule has 0 atom stereocenters. The summed E-state index contributed by atoms with van der Waals surface area (Å²) in [5, 5.41) is 0.248. The van der Waals surface area contributed by atoms with Gasteiger partial charge in [0.25, 0.3) is 5.91 Å². The lowest BCUT2D eigenvalue weighted by Gasteiger charge is -2.21. The summed E-state index contributed by atoms with van der Waals surface area (Å²) >= 11 is 9.36. The van der Waals surface area contributed by atoms with Crippen molar-refractivity contribution in [3.05, 3.63) is 106 Å². The van der Waals surface area contributed by atoms with E-state index in [9.17, 15) is 13.2 Å². The van der Waals surface area contributed by atoms with Crippen molar-refractivity contribution in [2.75, 3.05) is 0 Å². The number of carbonyl (C=O) groups is 1. The molecule has 2 heterocycles. The Kier molecular flexibility index (Phi) is 6.55. The molecule has 0 aliphatic carbocycles. The van der Waals surface area contributed by atoms with Crippen molar-refractivity contribution in [3.8, 4) is 0 Å². The highest BCUT2D eigenvalue weighted by molar-refractivity contribution is 9.10. The predicted molar refractivity (Wildman–Crippen MR) is 122 cm³/mol. The zero-order chi connectivity index (χ0) is 22.7. The molecule has 0 spiro atoms. The average Bonchev–Trinajstić information content (AvgIpc) is 3.46. The molecule has 6 nitrogen and oxygen atoms in total. The van der Waals surface area contributed by atoms with Gasteiger partial charge in [0.05, 0.1) is 17.7 Å². The number of nitrogens with zero attached hydrogens (tertiary/aromatic N) is 1. The van der Waals surface area contributed by atoms with Gasteiger partial charge < -0.3 is 13.7 Å². The van der Waals surface area contributed by atoms with Gasteiger partial charge in [-0.05, 0) is 66.2 Å². The summed E-state index contributed by atoms with van der Waals surface area (Å²) < 4.78 is 37.4. The van der Waals surface area contributed by atoms with Crippen LogP contribution in [0, 0.1) is 0 Å². The number of hydrogen-bond acceptors (Lipinski definition) is 5. The maximum atomic E-state index is 13.2. The first-order valence-electron chi connectivity index (χ1n) is 9.49. The SMILES string of the molecule is O=C(c1ccc(S(=O)(=O)c2ccc(Br)cc2)o1)N(Cc1cccc(Cl)c1)Cc1ccco1. The first kappa shape index (κ1) is 22.4. The van der Waals surface area contributed by atoms with E-state index in [1.54, 1.807) is 42.5 Å². The summed E-state index contributed by atoms with van der Waals surface area (Å²) in [5.41, 5.74) is 0.812. The Hall–Kier alpha value is -2.81. The number of sulfone groups is 1. The third-order valence-corrected chi connectivity index (χ3v) is 7.06. The van der Waals surface area contributed by atoms with Crippen molar-refractivity contribution < 1.29 is 22.0 Å². The van der Waals surface area contributed by atoms with E-state index in [1.165, 1.54) is 35.4 Å². The van der Waals surface area contributed by atoms with Gasteiger partial charge in [-0.3, -0.25) is 4.79 Å². The zero-order valence-electron chi connectivity index (χ0n) is 16.6. The van der Waals surface area contributed by atoms with Crippen molar-refractivity contribution >= 4 is 43.3 Å². The maximum Gasteiger partial charge on any atom is 0.290 e. The average molecular weight is 535 g/mol. The van der Waals surface area contributed by atoms with E-state index in [2.05, 4.69) is 15.9 Å². The number of carbonyl (C=O) groups excluding carboxylic acids is 1. The van der Waals surface area contributed by atoms with Crippen LogP contribution < -0.4 is 0 Å². The first-order chi connectivity index (χ1) is 15.3. The number of rotatable bonds is 7. The third-order valence-electron chi connectivity index (χ3n) is 4.66. The molecule has 32 heavy (non-hydrogen) atoms. The maximum absolute atomic E-state index is 13.2. The van der Waals surface area contributed by atoms with Crippen molar-refractivity contribution in [2.45, 2.75) is 23.1 Å². The topological polar surface area (TPSA) is 80.7 Å². The lowest BCUT2D eigenvalue weighted by atomic mass is 10.2. The smallest absolute Gasteiger partial charge is 0.290 e. The van der Waals surface area contributed by atoms with Gasteiger partial charge in [-0.2, -0.15) is 0 Å². The van der Waals surface area contributed by atoms with Crippen molar-refractivity contribution in [1.82, 2.24) is 4.90 Å². The molecule has 0 saturated carbocycles. The second-order valence-electron chi connectivity index (χ2n) is 6.95. The van der Waals surface area contributed by atoms with Gasteiger partial charge >= 0.3 is 0 Å². The summed E-state index contributed by atoms with van der Waals surface area (Å²) in [5.74, 6) is 0.0162. The quantitative estimate of drug-likeness (QED) is 0.292. The minimum atomic E-state index is -3.90.